The van der Waals surface area contributed by atoms with Crippen LogP contribution in [0, 0.1) is 5.92 Å². The fraction of sp³-hybridized carbons (Fsp3) is 0.333. The van der Waals surface area contributed by atoms with E-state index in [0.717, 1.165) is 12.1 Å². The molecule has 0 aliphatic carbocycles. The van der Waals surface area contributed by atoms with Crippen LogP contribution in [0.1, 0.15) is 18.4 Å². The Balaban J connectivity index is 2.49. The Kier molecular flexibility index (Phi) is 2.88. The molecule has 1 aliphatic rings. The van der Waals surface area contributed by atoms with Gasteiger partial charge < -0.3 is 10.4 Å². The first-order chi connectivity index (χ1) is 9.23. The van der Waals surface area contributed by atoms with Crippen molar-refractivity contribution < 1.29 is 29.2 Å². The number of hydrogen-bond acceptors (Lipinski definition) is 2. The standard InChI is InChI=1S/C12H10F3NO3/c13-12(14,15)7-3-1-2-6(4-7)8-5-16-10(17)9(8)11(18)19/h1-4,8-9H,5H2,(H,16,17)(H,18,19)/i4D. The maximum Gasteiger partial charge on any atom is 0.416 e. The van der Waals surface area contributed by atoms with Gasteiger partial charge in [-0.25, -0.2) is 0 Å². The summed E-state index contributed by atoms with van der Waals surface area (Å²) in [5, 5.41) is 11.3. The van der Waals surface area contributed by atoms with Crippen LogP contribution in [-0.2, 0) is 15.8 Å². The van der Waals surface area contributed by atoms with Gasteiger partial charge in [-0.2, -0.15) is 13.2 Å². The van der Waals surface area contributed by atoms with Crippen molar-refractivity contribution in [3.05, 3.63) is 35.4 Å². The maximum atomic E-state index is 12.7. The highest BCUT2D eigenvalue weighted by atomic mass is 19.4. The molecule has 1 heterocycles. The predicted octanol–water partition coefficient (Wildman–Crippen LogP) is 1.62. The van der Waals surface area contributed by atoms with Gasteiger partial charge in [0.25, 0.3) is 0 Å². The second kappa shape index (κ2) is 4.56. The number of hydrogen-bond donors (Lipinski definition) is 2. The van der Waals surface area contributed by atoms with Gasteiger partial charge in [0.05, 0.1) is 6.93 Å². The molecule has 7 heteroatoms. The summed E-state index contributed by atoms with van der Waals surface area (Å²) in [5.74, 6) is -4.61. The number of carbonyl (C=O) groups excluding carboxylic acids is 1. The van der Waals surface area contributed by atoms with Gasteiger partial charge in [0.15, 0.2) is 0 Å². The predicted molar refractivity (Wildman–Crippen MR) is 58.3 cm³/mol. The van der Waals surface area contributed by atoms with E-state index in [4.69, 9.17) is 6.48 Å². The van der Waals surface area contributed by atoms with E-state index in [1.54, 1.807) is 0 Å². The smallest absolute Gasteiger partial charge is 0.416 e. The van der Waals surface area contributed by atoms with Gasteiger partial charge in [-0.3, -0.25) is 9.59 Å². The van der Waals surface area contributed by atoms with Crippen molar-refractivity contribution in [1.29, 1.82) is 0 Å². The zero-order valence-electron chi connectivity index (χ0n) is 10.5. The second-order valence-electron chi connectivity index (χ2n) is 4.19. The molecule has 1 amide bonds. The molecule has 0 spiro atoms. The molecule has 2 atom stereocenters. The Bertz CT molecular complexity index is 574. The number of alkyl halides is 3. The molecule has 0 aromatic heterocycles. The third-order valence-electron chi connectivity index (χ3n) is 2.97. The Labute approximate surface area is 107 Å². The number of halogens is 3. The van der Waals surface area contributed by atoms with Crippen molar-refractivity contribution in [2.24, 2.45) is 5.92 Å². The van der Waals surface area contributed by atoms with E-state index in [0.29, 0.717) is 0 Å². The lowest BCUT2D eigenvalue weighted by atomic mass is 9.88. The molecule has 1 aromatic carbocycles. The van der Waals surface area contributed by atoms with E-state index in [1.165, 1.54) is 6.07 Å². The maximum absolute atomic E-state index is 12.7. The second-order valence-corrected chi connectivity index (χ2v) is 4.19. The normalized spacial score (nSPS) is 23.9. The largest absolute Gasteiger partial charge is 0.481 e. The molecular weight excluding hydrogens is 263 g/mol. The summed E-state index contributed by atoms with van der Waals surface area (Å²) in [4.78, 5) is 22.5. The average molecular weight is 274 g/mol. The van der Waals surface area contributed by atoms with Gasteiger partial charge >= 0.3 is 12.1 Å². The minimum absolute atomic E-state index is 0.0921. The van der Waals surface area contributed by atoms with E-state index in [1.807, 2.05) is 0 Å². The van der Waals surface area contributed by atoms with Gasteiger partial charge in [0.1, 0.15) is 5.92 Å². The molecule has 102 valence electrons. The van der Waals surface area contributed by atoms with E-state index in [9.17, 15) is 22.8 Å². The first-order valence-corrected chi connectivity index (χ1v) is 5.40. The fourth-order valence-electron chi connectivity index (χ4n) is 2.06. The summed E-state index contributed by atoms with van der Waals surface area (Å²) < 4.78 is 45.8. The van der Waals surface area contributed by atoms with Gasteiger partial charge in [-0.15, -0.1) is 0 Å². The Morgan fingerprint density at radius 3 is 2.74 bits per heavy atom. The SMILES string of the molecule is [2H]c1c(C2CNC(=O)C2C(=O)O)cccc1C(F)(F)F. The lowest BCUT2D eigenvalue weighted by Gasteiger charge is -2.15. The lowest BCUT2D eigenvalue weighted by molar-refractivity contribution is -0.145. The highest BCUT2D eigenvalue weighted by Crippen LogP contribution is 2.34. The van der Waals surface area contributed by atoms with Crippen LogP contribution >= 0.6 is 0 Å². The van der Waals surface area contributed by atoms with Gasteiger partial charge in [-0.05, 0) is 11.6 Å². The lowest BCUT2D eigenvalue weighted by Crippen LogP contribution is -2.26. The van der Waals surface area contributed by atoms with Gasteiger partial charge in [0, 0.05) is 12.5 Å². The van der Waals surface area contributed by atoms with E-state index in [-0.39, 0.29) is 12.1 Å². The summed E-state index contributed by atoms with van der Waals surface area (Å²) in [6.07, 6.45) is -4.69. The minimum Gasteiger partial charge on any atom is -0.481 e. The van der Waals surface area contributed by atoms with Crippen LogP contribution in [0.5, 0.6) is 0 Å². The molecule has 19 heavy (non-hydrogen) atoms. The van der Waals surface area contributed by atoms with E-state index >= 15 is 0 Å². The number of rotatable bonds is 2. The highest BCUT2D eigenvalue weighted by molar-refractivity contribution is 5.99. The van der Waals surface area contributed by atoms with Crippen LogP contribution < -0.4 is 5.32 Å². The van der Waals surface area contributed by atoms with Crippen molar-refractivity contribution in [2.75, 3.05) is 6.54 Å². The topological polar surface area (TPSA) is 66.4 Å². The first kappa shape index (κ1) is 12.0. The Morgan fingerprint density at radius 1 is 1.47 bits per heavy atom. The molecule has 0 radical (unpaired) electrons. The van der Waals surface area contributed by atoms with Crippen molar-refractivity contribution in [1.82, 2.24) is 5.32 Å². The van der Waals surface area contributed by atoms with Crippen LogP contribution in [0.3, 0.4) is 0 Å². The van der Waals surface area contributed by atoms with Crippen LogP contribution in [0.2, 0.25) is 0 Å². The van der Waals surface area contributed by atoms with Crippen molar-refractivity contribution in [2.45, 2.75) is 12.1 Å². The molecule has 0 bridgehead atoms. The minimum atomic E-state index is -4.69. The summed E-state index contributed by atoms with van der Waals surface area (Å²) in [5.41, 5.74) is -1.23. The zero-order valence-corrected chi connectivity index (χ0v) is 9.49. The third kappa shape index (κ3) is 2.54. The van der Waals surface area contributed by atoms with Crippen LogP contribution in [0.4, 0.5) is 13.2 Å². The molecule has 2 rings (SSSR count). The molecule has 1 aliphatic heterocycles. The van der Waals surface area contributed by atoms with Gasteiger partial charge in [-0.1, -0.05) is 18.2 Å². The highest BCUT2D eigenvalue weighted by Gasteiger charge is 2.41. The molecule has 2 N–H and O–H groups in total. The number of carboxylic acids is 1. The molecule has 1 aromatic rings. The molecule has 0 saturated carbocycles. The quantitative estimate of drug-likeness (QED) is 0.805. The van der Waals surface area contributed by atoms with Crippen molar-refractivity contribution >= 4 is 11.9 Å². The van der Waals surface area contributed by atoms with Gasteiger partial charge in [0.2, 0.25) is 5.91 Å². The monoisotopic (exact) mass is 274 g/mol. The van der Waals surface area contributed by atoms with E-state index < -0.39 is 41.5 Å². The average Bonchev–Trinajstić information content (AvgIpc) is 2.69. The molecular formula is C12H10F3NO3. The molecule has 1 saturated heterocycles. The zero-order chi connectivity index (χ0) is 15.1. The summed E-state index contributed by atoms with van der Waals surface area (Å²) >= 11 is 0. The number of amides is 1. The summed E-state index contributed by atoms with van der Waals surface area (Å²) in [6, 6.07) is 2.33. The third-order valence-corrected chi connectivity index (χ3v) is 2.97. The Morgan fingerprint density at radius 2 is 2.16 bits per heavy atom. The van der Waals surface area contributed by atoms with E-state index in [2.05, 4.69) is 5.32 Å². The van der Waals surface area contributed by atoms with Crippen molar-refractivity contribution in [3.63, 3.8) is 0 Å². The number of nitrogens with one attached hydrogen (secondary N) is 1. The number of aliphatic carboxylic acids is 1. The van der Waals surface area contributed by atoms with Crippen LogP contribution in [0.25, 0.3) is 0 Å². The number of carboxylic acid groups (broad SMARTS) is 1. The summed E-state index contributed by atoms with van der Waals surface area (Å²) in [6.45, 7) is -0.0943. The first-order valence-electron chi connectivity index (χ1n) is 5.90. The fourth-order valence-corrected chi connectivity index (χ4v) is 2.06. The Hall–Kier alpha value is -2.05. The number of carbonyl (C=O) groups is 2. The van der Waals surface area contributed by atoms with Crippen LogP contribution in [-0.4, -0.2) is 23.5 Å². The van der Waals surface area contributed by atoms with Crippen molar-refractivity contribution in [3.8, 4) is 0 Å². The molecule has 4 nitrogen and oxygen atoms in total. The number of benzene rings is 1. The molecule has 2 unspecified atom stereocenters. The van der Waals surface area contributed by atoms with Crippen LogP contribution in [0.15, 0.2) is 24.2 Å². The summed E-state index contributed by atoms with van der Waals surface area (Å²) in [7, 11) is 0. The molecule has 1 fully saturated rings.